The Kier molecular flexibility index (Phi) is 2.65. The van der Waals surface area contributed by atoms with Gasteiger partial charge in [0, 0.05) is 18.7 Å². The van der Waals surface area contributed by atoms with Gasteiger partial charge in [-0.05, 0) is 31.0 Å². The lowest BCUT2D eigenvalue weighted by Crippen LogP contribution is -2.17. The molecular weight excluding hydrogens is 194 g/mol. The van der Waals surface area contributed by atoms with Gasteiger partial charge in [-0.25, -0.2) is 0 Å². The lowest BCUT2D eigenvalue weighted by Gasteiger charge is -2.18. The van der Waals surface area contributed by atoms with Crippen molar-refractivity contribution in [2.45, 2.75) is 12.8 Å². The van der Waals surface area contributed by atoms with Crippen molar-refractivity contribution in [2.24, 2.45) is 0 Å². The lowest BCUT2D eigenvalue weighted by molar-refractivity contribution is 0.949. The summed E-state index contributed by atoms with van der Waals surface area (Å²) in [6.45, 7) is 2.21. The van der Waals surface area contributed by atoms with E-state index in [0.29, 0.717) is 0 Å². The van der Waals surface area contributed by atoms with E-state index >= 15 is 0 Å². The highest BCUT2D eigenvalue weighted by Gasteiger charge is 2.14. The van der Waals surface area contributed by atoms with Crippen LogP contribution in [0, 0.1) is 12.3 Å². The average Bonchev–Trinajstić information content (AvgIpc) is 2.70. The molecule has 0 aliphatic carbocycles. The van der Waals surface area contributed by atoms with E-state index < -0.39 is 0 Å². The molecule has 0 atom stereocenters. The maximum absolute atomic E-state index is 6.15. The van der Waals surface area contributed by atoms with Crippen LogP contribution in [0.4, 0.5) is 5.69 Å². The topological polar surface area (TPSA) is 3.24 Å². The van der Waals surface area contributed by atoms with Gasteiger partial charge in [-0.15, -0.1) is 6.42 Å². The first kappa shape index (κ1) is 9.43. The molecule has 2 heteroatoms. The minimum Gasteiger partial charge on any atom is -0.370 e. The first-order valence-electron chi connectivity index (χ1n) is 4.82. The van der Waals surface area contributed by atoms with Crippen molar-refractivity contribution in [1.82, 2.24) is 0 Å². The van der Waals surface area contributed by atoms with E-state index in [-0.39, 0.29) is 0 Å². The Morgan fingerprint density at radius 1 is 1.29 bits per heavy atom. The quantitative estimate of drug-likeness (QED) is 0.638. The van der Waals surface area contributed by atoms with Crippen LogP contribution in [0.2, 0.25) is 5.02 Å². The van der Waals surface area contributed by atoms with Crippen LogP contribution in [0.1, 0.15) is 18.4 Å². The number of hydrogen-bond acceptors (Lipinski definition) is 1. The molecule has 1 heterocycles. The normalized spacial score (nSPS) is 15.6. The molecule has 1 aliphatic heterocycles. The fourth-order valence-electron chi connectivity index (χ4n) is 1.81. The second-order valence-electron chi connectivity index (χ2n) is 3.50. The highest BCUT2D eigenvalue weighted by molar-refractivity contribution is 6.33. The van der Waals surface area contributed by atoms with E-state index in [1.54, 1.807) is 0 Å². The number of hydrogen-bond donors (Lipinski definition) is 0. The Labute approximate surface area is 89.7 Å². The maximum Gasteiger partial charge on any atom is 0.0651 e. The molecule has 0 radical (unpaired) electrons. The van der Waals surface area contributed by atoms with Gasteiger partial charge < -0.3 is 4.90 Å². The molecule has 72 valence electrons. The van der Waals surface area contributed by atoms with Gasteiger partial charge in [-0.1, -0.05) is 17.5 Å². The molecule has 2 rings (SSSR count). The molecule has 0 aromatic heterocycles. The van der Waals surface area contributed by atoms with Gasteiger partial charge in [0.05, 0.1) is 10.7 Å². The van der Waals surface area contributed by atoms with E-state index in [1.165, 1.54) is 12.8 Å². The van der Waals surface area contributed by atoms with Crippen LogP contribution in [-0.2, 0) is 0 Å². The van der Waals surface area contributed by atoms with Crippen LogP contribution in [-0.4, -0.2) is 13.1 Å². The second kappa shape index (κ2) is 3.94. The molecule has 1 nitrogen and oxygen atoms in total. The zero-order valence-corrected chi connectivity index (χ0v) is 8.72. The second-order valence-corrected chi connectivity index (χ2v) is 3.91. The molecule has 14 heavy (non-hydrogen) atoms. The van der Waals surface area contributed by atoms with Gasteiger partial charge in [-0.3, -0.25) is 0 Å². The average molecular weight is 206 g/mol. The van der Waals surface area contributed by atoms with E-state index in [0.717, 1.165) is 29.4 Å². The molecule has 0 spiro atoms. The van der Waals surface area contributed by atoms with Crippen LogP contribution in [0.3, 0.4) is 0 Å². The van der Waals surface area contributed by atoms with Crippen molar-refractivity contribution in [3.05, 3.63) is 28.8 Å². The van der Waals surface area contributed by atoms with Crippen molar-refractivity contribution in [3.63, 3.8) is 0 Å². The monoisotopic (exact) mass is 205 g/mol. The minimum absolute atomic E-state index is 0.766. The van der Waals surface area contributed by atoms with E-state index in [1.807, 2.05) is 18.2 Å². The fraction of sp³-hybridized carbons (Fsp3) is 0.333. The molecule has 1 aliphatic rings. The van der Waals surface area contributed by atoms with E-state index in [9.17, 15) is 0 Å². The number of nitrogens with zero attached hydrogens (tertiary/aromatic N) is 1. The van der Waals surface area contributed by atoms with Crippen molar-refractivity contribution in [1.29, 1.82) is 0 Å². The van der Waals surface area contributed by atoms with Crippen LogP contribution in [0.15, 0.2) is 18.2 Å². The van der Waals surface area contributed by atoms with Gasteiger partial charge in [0.15, 0.2) is 0 Å². The summed E-state index contributed by atoms with van der Waals surface area (Å²) < 4.78 is 0. The highest BCUT2D eigenvalue weighted by Crippen LogP contribution is 2.29. The third kappa shape index (κ3) is 1.71. The van der Waals surface area contributed by atoms with Crippen LogP contribution < -0.4 is 4.90 Å². The summed E-state index contributed by atoms with van der Waals surface area (Å²) >= 11 is 6.15. The first-order valence-corrected chi connectivity index (χ1v) is 5.20. The van der Waals surface area contributed by atoms with Gasteiger partial charge in [0.2, 0.25) is 0 Å². The predicted molar refractivity (Wildman–Crippen MR) is 60.8 cm³/mol. The molecule has 0 amide bonds. The summed E-state index contributed by atoms with van der Waals surface area (Å²) in [5.41, 5.74) is 1.96. The molecular formula is C12H12ClN. The third-order valence-corrected chi connectivity index (χ3v) is 2.86. The molecule has 1 aromatic rings. The van der Waals surface area contributed by atoms with Gasteiger partial charge in [0.25, 0.3) is 0 Å². The summed E-state index contributed by atoms with van der Waals surface area (Å²) in [7, 11) is 0. The molecule has 0 N–H and O–H groups in total. The Morgan fingerprint density at radius 2 is 2.00 bits per heavy atom. The van der Waals surface area contributed by atoms with Crippen molar-refractivity contribution in [3.8, 4) is 12.3 Å². The van der Waals surface area contributed by atoms with Crippen LogP contribution in [0.5, 0.6) is 0 Å². The van der Waals surface area contributed by atoms with Crippen LogP contribution in [0.25, 0.3) is 0 Å². The fourth-order valence-corrected chi connectivity index (χ4v) is 2.11. The Morgan fingerprint density at radius 3 is 2.57 bits per heavy atom. The zero-order chi connectivity index (χ0) is 9.97. The SMILES string of the molecule is C#Cc1ccc(N2CCCC2)c(Cl)c1. The number of halogens is 1. The summed E-state index contributed by atoms with van der Waals surface area (Å²) in [6, 6.07) is 5.82. The standard InChI is InChI=1S/C12H12ClN/c1-2-10-5-6-12(11(13)9-10)14-7-3-4-8-14/h1,5-6,9H,3-4,7-8H2. The molecule has 0 saturated carbocycles. The number of anilines is 1. The third-order valence-electron chi connectivity index (χ3n) is 2.56. The summed E-state index contributed by atoms with van der Waals surface area (Å²) in [5.74, 6) is 2.58. The Hall–Kier alpha value is -1.13. The highest BCUT2D eigenvalue weighted by atomic mass is 35.5. The zero-order valence-electron chi connectivity index (χ0n) is 7.96. The smallest absolute Gasteiger partial charge is 0.0651 e. The van der Waals surface area contributed by atoms with Crippen molar-refractivity contribution in [2.75, 3.05) is 18.0 Å². The van der Waals surface area contributed by atoms with Gasteiger partial charge >= 0.3 is 0 Å². The van der Waals surface area contributed by atoms with Crippen molar-refractivity contribution >= 4 is 17.3 Å². The summed E-state index contributed by atoms with van der Waals surface area (Å²) in [4.78, 5) is 2.31. The Balaban J connectivity index is 2.30. The largest absolute Gasteiger partial charge is 0.370 e. The number of benzene rings is 1. The summed E-state index contributed by atoms with van der Waals surface area (Å²) in [5, 5.41) is 0.766. The molecule has 1 saturated heterocycles. The van der Waals surface area contributed by atoms with Gasteiger partial charge in [0.1, 0.15) is 0 Å². The predicted octanol–water partition coefficient (Wildman–Crippen LogP) is 2.92. The van der Waals surface area contributed by atoms with E-state index in [2.05, 4.69) is 10.8 Å². The molecule has 1 fully saturated rings. The van der Waals surface area contributed by atoms with E-state index in [4.69, 9.17) is 18.0 Å². The molecule has 1 aromatic carbocycles. The summed E-state index contributed by atoms with van der Waals surface area (Å²) in [6.07, 6.45) is 7.81. The van der Waals surface area contributed by atoms with Crippen molar-refractivity contribution < 1.29 is 0 Å². The van der Waals surface area contributed by atoms with Crippen LogP contribution >= 0.6 is 11.6 Å². The first-order chi connectivity index (χ1) is 6.81. The maximum atomic E-state index is 6.15. The molecule has 0 bridgehead atoms. The van der Waals surface area contributed by atoms with Gasteiger partial charge in [-0.2, -0.15) is 0 Å². The number of terminal acetylenes is 1. The lowest BCUT2D eigenvalue weighted by atomic mass is 10.2. The number of rotatable bonds is 1. The Bertz CT molecular complexity index is 372. The molecule has 0 unspecified atom stereocenters. The minimum atomic E-state index is 0.766.